The molecule has 0 amide bonds. The van der Waals surface area contributed by atoms with Gasteiger partial charge in [-0.05, 0) is 51.2 Å². The summed E-state index contributed by atoms with van der Waals surface area (Å²) in [5.74, 6) is 0. The second-order valence-corrected chi connectivity index (χ2v) is 8.26. The lowest BCUT2D eigenvalue weighted by molar-refractivity contribution is -0.149. The number of thiocarbonyl (C=S) groups is 1. The first-order valence-electron chi connectivity index (χ1n) is 7.82. The Morgan fingerprint density at radius 3 is 2.50 bits per heavy atom. The van der Waals surface area contributed by atoms with E-state index in [0.717, 1.165) is 38.6 Å². The largest absolute Gasteiger partial charge is 0.392 e. The minimum atomic E-state index is 0.0468. The normalized spacial score (nSPS) is 32.8. The van der Waals surface area contributed by atoms with Crippen molar-refractivity contribution in [2.45, 2.75) is 61.3 Å². The summed E-state index contributed by atoms with van der Waals surface area (Å²) in [7, 11) is 0. The highest BCUT2D eigenvalue weighted by atomic mass is 32.2. The fourth-order valence-corrected chi connectivity index (χ4v) is 5.28. The fourth-order valence-electron chi connectivity index (χ4n) is 4.03. The number of ether oxygens (including phenoxy) is 1. The van der Waals surface area contributed by atoms with Gasteiger partial charge in [-0.3, -0.25) is 0 Å². The van der Waals surface area contributed by atoms with Gasteiger partial charge >= 0.3 is 0 Å². The number of hydrogen-bond acceptors (Lipinski definition) is 4. The Labute approximate surface area is 132 Å². The lowest BCUT2D eigenvalue weighted by Crippen LogP contribution is -2.56. The van der Waals surface area contributed by atoms with Gasteiger partial charge in [-0.25, -0.2) is 0 Å². The molecule has 1 unspecified atom stereocenters. The van der Waals surface area contributed by atoms with E-state index in [0.29, 0.717) is 4.99 Å². The third-order valence-electron chi connectivity index (χ3n) is 5.69. The maximum atomic E-state index is 6.05. The van der Waals surface area contributed by atoms with Crippen molar-refractivity contribution in [1.82, 2.24) is 4.90 Å². The van der Waals surface area contributed by atoms with Crippen molar-refractivity contribution >= 4 is 29.0 Å². The van der Waals surface area contributed by atoms with Gasteiger partial charge in [0.25, 0.3) is 0 Å². The summed E-state index contributed by atoms with van der Waals surface area (Å²) in [6, 6.07) is 0.718. The highest BCUT2D eigenvalue weighted by molar-refractivity contribution is 8.02. The van der Waals surface area contributed by atoms with E-state index in [1.165, 1.54) is 32.1 Å². The summed E-state index contributed by atoms with van der Waals surface area (Å²) in [6.45, 7) is 3.22. The molecule has 0 bridgehead atoms. The minimum Gasteiger partial charge on any atom is -0.392 e. The summed E-state index contributed by atoms with van der Waals surface area (Å²) in [5.41, 5.74) is 6.23. The molecule has 1 aliphatic carbocycles. The van der Waals surface area contributed by atoms with Crippen LogP contribution in [0.25, 0.3) is 0 Å². The van der Waals surface area contributed by atoms with E-state index >= 15 is 0 Å². The van der Waals surface area contributed by atoms with Crippen LogP contribution in [0, 0.1) is 0 Å². The number of nitrogens with two attached hydrogens (primary N) is 1. The summed E-state index contributed by atoms with van der Waals surface area (Å²) in [5, 5.41) is 0. The molecule has 3 aliphatic rings. The predicted octanol–water partition coefficient (Wildman–Crippen LogP) is 2.57. The van der Waals surface area contributed by atoms with E-state index in [-0.39, 0.29) is 10.3 Å². The van der Waals surface area contributed by atoms with Crippen molar-refractivity contribution in [3.05, 3.63) is 0 Å². The van der Waals surface area contributed by atoms with Crippen molar-refractivity contribution in [2.75, 3.05) is 26.0 Å². The Bertz CT molecular complexity index is 376. The number of likely N-dealkylation sites (tertiary alicyclic amines) is 1. The molecule has 2 heterocycles. The Morgan fingerprint density at radius 2 is 2.00 bits per heavy atom. The van der Waals surface area contributed by atoms with Gasteiger partial charge in [0.05, 0.1) is 15.3 Å². The Morgan fingerprint density at radius 1 is 1.30 bits per heavy atom. The summed E-state index contributed by atoms with van der Waals surface area (Å²) < 4.78 is 6.10. The van der Waals surface area contributed by atoms with E-state index in [2.05, 4.69) is 11.2 Å². The molecule has 0 aromatic carbocycles. The molecule has 2 aliphatic heterocycles. The number of thioether (sulfide) groups is 1. The SMILES string of the molecule is CSC1(C(N)=S)CCN(C2CCOC3(CCC3)C2)CC1. The molecule has 3 fully saturated rings. The lowest BCUT2D eigenvalue weighted by Gasteiger charge is -2.51. The number of rotatable bonds is 3. The second-order valence-electron chi connectivity index (χ2n) is 6.63. The Hall–Kier alpha value is 0.160. The topological polar surface area (TPSA) is 38.5 Å². The molecular weight excluding hydrogens is 288 g/mol. The molecule has 0 aromatic rings. The molecule has 1 saturated carbocycles. The van der Waals surface area contributed by atoms with Gasteiger partial charge in [-0.15, -0.1) is 0 Å². The number of hydrogen-bond donors (Lipinski definition) is 1. The Kier molecular flexibility index (Phi) is 4.33. The van der Waals surface area contributed by atoms with Gasteiger partial charge in [-0.1, -0.05) is 12.2 Å². The van der Waals surface area contributed by atoms with Gasteiger partial charge in [0.1, 0.15) is 0 Å². The van der Waals surface area contributed by atoms with Crippen molar-refractivity contribution in [2.24, 2.45) is 5.73 Å². The average Bonchev–Trinajstić information content (AvgIpc) is 2.45. The van der Waals surface area contributed by atoms with Crippen LogP contribution >= 0.6 is 24.0 Å². The van der Waals surface area contributed by atoms with Gasteiger partial charge in [-0.2, -0.15) is 11.8 Å². The maximum absolute atomic E-state index is 6.05. The molecule has 0 radical (unpaired) electrons. The smallest absolute Gasteiger partial charge is 0.0891 e. The molecule has 1 atom stereocenters. The van der Waals surface area contributed by atoms with Crippen molar-refractivity contribution in [1.29, 1.82) is 0 Å². The maximum Gasteiger partial charge on any atom is 0.0891 e. The van der Waals surface area contributed by atoms with E-state index < -0.39 is 0 Å². The zero-order valence-corrected chi connectivity index (χ0v) is 14.0. The third kappa shape index (κ3) is 2.62. The van der Waals surface area contributed by atoms with Crippen LogP contribution in [0.15, 0.2) is 0 Å². The minimum absolute atomic E-state index is 0.0468. The van der Waals surface area contributed by atoms with E-state index in [9.17, 15) is 0 Å². The van der Waals surface area contributed by atoms with Crippen molar-refractivity contribution < 1.29 is 4.74 Å². The van der Waals surface area contributed by atoms with Gasteiger partial charge in [0.15, 0.2) is 0 Å². The van der Waals surface area contributed by atoms with Gasteiger partial charge in [0, 0.05) is 25.7 Å². The standard InChI is InChI=1S/C15H26N2OS2/c1-20-15(13(16)19)6-8-17(9-7-15)12-3-10-18-14(11-12)4-2-5-14/h12H,2-11H2,1H3,(H2,16,19). The van der Waals surface area contributed by atoms with Crippen LogP contribution in [-0.2, 0) is 4.74 Å². The van der Waals surface area contributed by atoms with Crippen LogP contribution in [0.1, 0.15) is 44.9 Å². The van der Waals surface area contributed by atoms with Crippen molar-refractivity contribution in [3.63, 3.8) is 0 Å². The molecule has 1 spiro atoms. The summed E-state index contributed by atoms with van der Waals surface area (Å²) in [4.78, 5) is 3.38. The molecule has 2 N–H and O–H groups in total. The average molecular weight is 315 g/mol. The monoisotopic (exact) mass is 314 g/mol. The van der Waals surface area contributed by atoms with Crippen LogP contribution in [0.2, 0.25) is 0 Å². The lowest BCUT2D eigenvalue weighted by atomic mass is 9.73. The van der Waals surface area contributed by atoms with Crippen LogP contribution in [0.5, 0.6) is 0 Å². The fraction of sp³-hybridized carbons (Fsp3) is 0.933. The first-order valence-corrected chi connectivity index (χ1v) is 9.46. The van der Waals surface area contributed by atoms with E-state index in [4.69, 9.17) is 22.7 Å². The van der Waals surface area contributed by atoms with E-state index in [1.807, 2.05) is 11.8 Å². The van der Waals surface area contributed by atoms with Crippen molar-refractivity contribution in [3.8, 4) is 0 Å². The van der Waals surface area contributed by atoms with Crippen LogP contribution in [0.4, 0.5) is 0 Å². The highest BCUT2D eigenvalue weighted by Gasteiger charge is 2.45. The first kappa shape index (κ1) is 15.1. The number of nitrogens with zero attached hydrogens (tertiary/aromatic N) is 1. The van der Waals surface area contributed by atoms with Gasteiger partial charge in [0.2, 0.25) is 0 Å². The Balaban J connectivity index is 1.59. The molecule has 20 heavy (non-hydrogen) atoms. The van der Waals surface area contributed by atoms with E-state index in [1.54, 1.807) is 0 Å². The zero-order chi connectivity index (χ0) is 14.2. The third-order valence-corrected chi connectivity index (χ3v) is 7.62. The molecule has 0 aromatic heterocycles. The zero-order valence-electron chi connectivity index (χ0n) is 12.4. The molecule has 5 heteroatoms. The molecule has 2 saturated heterocycles. The quantitative estimate of drug-likeness (QED) is 0.811. The number of piperidine rings is 1. The van der Waals surface area contributed by atoms with Crippen LogP contribution in [0.3, 0.4) is 0 Å². The van der Waals surface area contributed by atoms with Gasteiger partial charge < -0.3 is 15.4 Å². The van der Waals surface area contributed by atoms with Crippen LogP contribution in [-0.4, -0.2) is 52.2 Å². The molecule has 3 rings (SSSR count). The second kappa shape index (κ2) is 5.75. The predicted molar refractivity (Wildman–Crippen MR) is 89.4 cm³/mol. The van der Waals surface area contributed by atoms with Crippen LogP contribution < -0.4 is 5.73 Å². The molecule has 3 nitrogen and oxygen atoms in total. The summed E-state index contributed by atoms with van der Waals surface area (Å²) >= 11 is 7.15. The molecular formula is C15H26N2OS2. The first-order chi connectivity index (χ1) is 9.59. The summed E-state index contributed by atoms with van der Waals surface area (Å²) in [6.07, 6.45) is 10.7. The highest BCUT2D eigenvalue weighted by Crippen LogP contribution is 2.44. The molecule has 114 valence electrons.